The monoisotopic (exact) mass is 245 g/mol. The van der Waals surface area contributed by atoms with Crippen molar-refractivity contribution < 1.29 is 9.47 Å². The van der Waals surface area contributed by atoms with E-state index < -0.39 is 0 Å². The summed E-state index contributed by atoms with van der Waals surface area (Å²) < 4.78 is 13.0. The molecule has 0 spiro atoms. The zero-order chi connectivity index (χ0) is 12.7. The summed E-state index contributed by atoms with van der Waals surface area (Å²) in [5.74, 6) is 2.19. The Morgan fingerprint density at radius 3 is 2.61 bits per heavy atom. The number of rotatable bonds is 1. The Morgan fingerprint density at radius 1 is 1.22 bits per heavy atom. The number of hydrogen-bond acceptors (Lipinski definition) is 4. The molecule has 0 aliphatic carbocycles. The van der Waals surface area contributed by atoms with Crippen LogP contribution in [-0.2, 0) is 7.05 Å². The van der Waals surface area contributed by atoms with Gasteiger partial charge in [-0.2, -0.15) is 5.10 Å². The van der Waals surface area contributed by atoms with E-state index >= 15 is 0 Å². The van der Waals surface area contributed by atoms with Crippen LogP contribution in [0.4, 0.5) is 5.82 Å². The van der Waals surface area contributed by atoms with Crippen molar-refractivity contribution in [2.24, 2.45) is 7.05 Å². The summed E-state index contributed by atoms with van der Waals surface area (Å²) in [4.78, 5) is 0. The number of benzene rings is 1. The highest BCUT2D eigenvalue weighted by atomic mass is 16.6. The minimum absolute atomic E-state index is 0.561. The third-order valence-corrected chi connectivity index (χ3v) is 3.08. The topological polar surface area (TPSA) is 62.3 Å². The van der Waals surface area contributed by atoms with Crippen LogP contribution in [-0.4, -0.2) is 23.0 Å². The third-order valence-electron chi connectivity index (χ3n) is 3.08. The van der Waals surface area contributed by atoms with Crippen LogP contribution in [0, 0.1) is 6.92 Å². The van der Waals surface area contributed by atoms with Crippen LogP contribution in [0.15, 0.2) is 18.2 Å². The molecule has 1 aromatic carbocycles. The summed E-state index contributed by atoms with van der Waals surface area (Å²) >= 11 is 0. The molecular formula is C13H15N3O2. The molecule has 2 heterocycles. The van der Waals surface area contributed by atoms with Crippen LogP contribution < -0.4 is 15.2 Å². The van der Waals surface area contributed by atoms with Gasteiger partial charge in [-0.25, -0.2) is 0 Å². The molecule has 94 valence electrons. The van der Waals surface area contributed by atoms with E-state index in [1.807, 2.05) is 32.2 Å². The fourth-order valence-electron chi connectivity index (χ4n) is 2.09. The Morgan fingerprint density at radius 2 is 1.94 bits per heavy atom. The van der Waals surface area contributed by atoms with Crippen molar-refractivity contribution in [3.05, 3.63) is 23.8 Å². The highest BCUT2D eigenvalue weighted by Gasteiger charge is 2.20. The first-order valence-corrected chi connectivity index (χ1v) is 5.86. The molecule has 18 heavy (non-hydrogen) atoms. The summed E-state index contributed by atoms with van der Waals surface area (Å²) in [5, 5.41) is 4.37. The van der Waals surface area contributed by atoms with Crippen LogP contribution in [0.2, 0.25) is 0 Å². The van der Waals surface area contributed by atoms with Gasteiger partial charge in [-0.1, -0.05) is 6.07 Å². The maximum absolute atomic E-state index is 5.81. The van der Waals surface area contributed by atoms with Gasteiger partial charge in [0, 0.05) is 18.7 Å². The third kappa shape index (κ3) is 1.59. The lowest BCUT2D eigenvalue weighted by atomic mass is 10.1. The summed E-state index contributed by atoms with van der Waals surface area (Å²) in [6, 6.07) is 5.83. The molecule has 0 atom stereocenters. The highest BCUT2D eigenvalue weighted by molar-refractivity contribution is 5.74. The first kappa shape index (κ1) is 11.0. The van der Waals surface area contributed by atoms with Crippen molar-refractivity contribution in [3.63, 3.8) is 0 Å². The van der Waals surface area contributed by atoms with Crippen LogP contribution >= 0.6 is 0 Å². The zero-order valence-corrected chi connectivity index (χ0v) is 10.4. The van der Waals surface area contributed by atoms with E-state index in [0.29, 0.717) is 19.0 Å². The van der Waals surface area contributed by atoms with Crippen molar-refractivity contribution in [1.82, 2.24) is 9.78 Å². The normalized spacial score (nSPS) is 13.7. The molecule has 5 heteroatoms. The molecule has 0 unspecified atom stereocenters. The minimum atomic E-state index is 0.561. The molecule has 1 aliphatic heterocycles. The van der Waals surface area contributed by atoms with Gasteiger partial charge >= 0.3 is 0 Å². The van der Waals surface area contributed by atoms with E-state index in [-0.39, 0.29) is 0 Å². The molecule has 0 radical (unpaired) electrons. The van der Waals surface area contributed by atoms with E-state index in [1.165, 1.54) is 0 Å². The van der Waals surface area contributed by atoms with E-state index in [1.54, 1.807) is 4.68 Å². The SMILES string of the molecule is Cc1ccc(-c2cc(N)n(C)n2)c2c1OCCO2. The number of nitrogens with two attached hydrogens (primary N) is 1. The fourth-order valence-corrected chi connectivity index (χ4v) is 2.09. The fraction of sp³-hybridized carbons (Fsp3) is 0.308. The standard InChI is InChI=1S/C13H15N3O2/c1-8-3-4-9(10-7-11(14)16(2)15-10)13-12(8)17-5-6-18-13/h3-4,7H,5-6,14H2,1-2H3. The van der Waals surface area contributed by atoms with Crippen molar-refractivity contribution in [1.29, 1.82) is 0 Å². The lowest BCUT2D eigenvalue weighted by molar-refractivity contribution is 0.171. The van der Waals surface area contributed by atoms with Gasteiger partial charge in [0.25, 0.3) is 0 Å². The number of anilines is 1. The van der Waals surface area contributed by atoms with Gasteiger partial charge in [0.15, 0.2) is 11.5 Å². The molecule has 1 aromatic heterocycles. The minimum Gasteiger partial charge on any atom is -0.486 e. The lowest BCUT2D eigenvalue weighted by Gasteiger charge is -2.22. The number of hydrogen-bond donors (Lipinski definition) is 1. The van der Waals surface area contributed by atoms with Crippen molar-refractivity contribution >= 4 is 5.82 Å². The summed E-state index contributed by atoms with van der Waals surface area (Å²) in [6.07, 6.45) is 0. The predicted molar refractivity (Wildman–Crippen MR) is 68.8 cm³/mol. The maximum atomic E-state index is 5.81. The van der Waals surface area contributed by atoms with Crippen molar-refractivity contribution in [3.8, 4) is 22.8 Å². The summed E-state index contributed by atoms with van der Waals surface area (Å²) in [5.41, 5.74) is 8.60. The molecule has 1 aliphatic rings. The molecule has 5 nitrogen and oxygen atoms in total. The predicted octanol–water partition coefficient (Wildman–Crippen LogP) is 1.75. The van der Waals surface area contributed by atoms with Crippen LogP contribution in [0.3, 0.4) is 0 Å². The summed E-state index contributed by atoms with van der Waals surface area (Å²) in [6.45, 7) is 3.15. The number of aryl methyl sites for hydroxylation is 2. The average molecular weight is 245 g/mol. The zero-order valence-electron chi connectivity index (χ0n) is 10.4. The van der Waals surface area contributed by atoms with E-state index in [4.69, 9.17) is 15.2 Å². The Hall–Kier alpha value is -2.17. The highest BCUT2D eigenvalue weighted by Crippen LogP contribution is 2.41. The second kappa shape index (κ2) is 3.94. The van der Waals surface area contributed by atoms with Gasteiger partial charge in [0.1, 0.15) is 19.0 Å². The van der Waals surface area contributed by atoms with Crippen LogP contribution in [0.5, 0.6) is 11.5 Å². The lowest BCUT2D eigenvalue weighted by Crippen LogP contribution is -2.16. The molecular weight excluding hydrogens is 230 g/mol. The Bertz CT molecular complexity index is 585. The summed E-state index contributed by atoms with van der Waals surface area (Å²) in [7, 11) is 1.82. The van der Waals surface area contributed by atoms with Crippen molar-refractivity contribution in [2.45, 2.75) is 6.92 Å². The second-order valence-corrected chi connectivity index (χ2v) is 4.36. The van der Waals surface area contributed by atoms with Gasteiger partial charge in [-0.3, -0.25) is 4.68 Å². The molecule has 3 rings (SSSR count). The first-order chi connectivity index (χ1) is 8.66. The molecule has 2 N–H and O–H groups in total. The molecule has 0 saturated carbocycles. The maximum Gasteiger partial charge on any atom is 0.171 e. The molecule has 0 saturated heterocycles. The molecule has 0 amide bonds. The first-order valence-electron chi connectivity index (χ1n) is 5.86. The molecule has 0 bridgehead atoms. The Kier molecular flexibility index (Phi) is 2.40. The van der Waals surface area contributed by atoms with E-state index in [9.17, 15) is 0 Å². The number of aromatic nitrogens is 2. The van der Waals surface area contributed by atoms with E-state index in [0.717, 1.165) is 28.3 Å². The average Bonchev–Trinajstić information content (AvgIpc) is 2.70. The van der Waals surface area contributed by atoms with Gasteiger partial charge < -0.3 is 15.2 Å². The van der Waals surface area contributed by atoms with Crippen molar-refractivity contribution in [2.75, 3.05) is 18.9 Å². The van der Waals surface area contributed by atoms with Gasteiger partial charge in [0.05, 0.1) is 5.69 Å². The second-order valence-electron chi connectivity index (χ2n) is 4.36. The number of ether oxygens (including phenoxy) is 2. The Labute approximate surface area is 105 Å². The molecule has 2 aromatic rings. The van der Waals surface area contributed by atoms with Gasteiger partial charge in [-0.15, -0.1) is 0 Å². The van der Waals surface area contributed by atoms with E-state index in [2.05, 4.69) is 5.10 Å². The van der Waals surface area contributed by atoms with Gasteiger partial charge in [0.2, 0.25) is 0 Å². The molecule has 0 fully saturated rings. The van der Waals surface area contributed by atoms with Gasteiger partial charge in [-0.05, 0) is 18.6 Å². The smallest absolute Gasteiger partial charge is 0.171 e. The van der Waals surface area contributed by atoms with Crippen LogP contribution in [0.1, 0.15) is 5.56 Å². The number of fused-ring (bicyclic) bond motifs is 1. The largest absolute Gasteiger partial charge is 0.486 e. The number of nitrogen functional groups attached to an aromatic ring is 1. The quantitative estimate of drug-likeness (QED) is 0.831. The Balaban J connectivity index is 2.18. The number of nitrogens with zero attached hydrogens (tertiary/aromatic N) is 2. The van der Waals surface area contributed by atoms with Crippen LogP contribution in [0.25, 0.3) is 11.3 Å².